The van der Waals surface area contributed by atoms with Crippen molar-refractivity contribution in [1.29, 1.82) is 0 Å². The Morgan fingerprint density at radius 3 is 2.43 bits per heavy atom. The first-order chi connectivity index (χ1) is 9.52. The summed E-state index contributed by atoms with van der Waals surface area (Å²) in [6.07, 6.45) is 0.427. The maximum absolute atomic E-state index is 12.0. The highest BCUT2D eigenvalue weighted by atomic mass is 79.9. The van der Waals surface area contributed by atoms with Crippen LogP contribution in [-0.2, 0) is 14.8 Å². The molecule has 5 nitrogen and oxygen atoms in total. The molecule has 0 aromatic heterocycles. The monoisotopic (exact) mass is 397 g/mol. The summed E-state index contributed by atoms with van der Waals surface area (Å²) < 4.78 is 28.4. The first kappa shape index (κ1) is 18.4. The molecular formula is C13H17BrClNO4S. The molecule has 0 saturated heterocycles. The Balaban J connectivity index is 3.09. The van der Waals surface area contributed by atoms with Crippen molar-refractivity contribution in [2.24, 2.45) is 11.1 Å². The van der Waals surface area contributed by atoms with Gasteiger partial charge in [-0.15, -0.1) is 0 Å². The fraction of sp³-hybridized carbons (Fsp3) is 0.462. The zero-order valence-electron chi connectivity index (χ0n) is 11.9. The van der Waals surface area contributed by atoms with Crippen LogP contribution in [0.1, 0.15) is 37.6 Å². The van der Waals surface area contributed by atoms with Crippen molar-refractivity contribution in [2.75, 3.05) is 0 Å². The van der Waals surface area contributed by atoms with Crippen LogP contribution in [-0.4, -0.2) is 20.5 Å². The number of hydrogen-bond donors (Lipinski definition) is 1. The van der Waals surface area contributed by atoms with Crippen LogP contribution in [0.15, 0.2) is 21.5 Å². The van der Waals surface area contributed by atoms with Gasteiger partial charge >= 0.3 is 5.97 Å². The quantitative estimate of drug-likeness (QED) is 0.771. The van der Waals surface area contributed by atoms with Crippen LogP contribution in [0.5, 0.6) is 0 Å². The average Bonchev–Trinajstić information content (AvgIpc) is 2.29. The predicted octanol–water partition coefficient (Wildman–Crippen LogP) is 3.34. The van der Waals surface area contributed by atoms with E-state index in [0.717, 1.165) is 6.07 Å². The maximum Gasteiger partial charge on any atom is 0.338 e. The third-order valence-corrected chi connectivity index (χ3v) is 5.23. The van der Waals surface area contributed by atoms with Gasteiger partial charge in [0, 0.05) is 0 Å². The van der Waals surface area contributed by atoms with E-state index in [4.69, 9.17) is 21.5 Å². The van der Waals surface area contributed by atoms with E-state index in [-0.39, 0.29) is 26.1 Å². The minimum Gasteiger partial charge on any atom is -0.459 e. The molecule has 1 aromatic carbocycles. The molecule has 0 aliphatic rings. The van der Waals surface area contributed by atoms with Crippen LogP contribution in [0.3, 0.4) is 0 Å². The molecule has 118 valence electrons. The van der Waals surface area contributed by atoms with E-state index in [1.54, 1.807) is 6.92 Å². The zero-order valence-corrected chi connectivity index (χ0v) is 15.0. The van der Waals surface area contributed by atoms with Crippen molar-refractivity contribution in [2.45, 2.75) is 38.2 Å². The van der Waals surface area contributed by atoms with Crippen LogP contribution in [0.25, 0.3) is 0 Å². The number of sulfonamides is 1. The summed E-state index contributed by atoms with van der Waals surface area (Å²) >= 11 is 8.95. The van der Waals surface area contributed by atoms with Gasteiger partial charge in [-0.05, 0) is 47.3 Å². The van der Waals surface area contributed by atoms with Gasteiger partial charge in [0.05, 0.1) is 26.1 Å². The summed E-state index contributed by atoms with van der Waals surface area (Å²) in [4.78, 5) is 11.8. The highest BCUT2D eigenvalue weighted by Crippen LogP contribution is 2.31. The number of carbonyl (C=O) groups is 1. The number of carbonyl (C=O) groups excluding carboxylic acids is 1. The van der Waals surface area contributed by atoms with Crippen molar-refractivity contribution in [3.05, 3.63) is 27.2 Å². The van der Waals surface area contributed by atoms with E-state index in [1.807, 2.05) is 13.8 Å². The van der Waals surface area contributed by atoms with E-state index in [9.17, 15) is 13.2 Å². The largest absolute Gasteiger partial charge is 0.459 e. The molecule has 2 N–H and O–H groups in total. The van der Waals surface area contributed by atoms with E-state index in [0.29, 0.717) is 12.3 Å². The second kappa shape index (κ2) is 7.09. The van der Waals surface area contributed by atoms with Gasteiger partial charge < -0.3 is 4.74 Å². The van der Waals surface area contributed by atoms with E-state index in [2.05, 4.69) is 15.9 Å². The molecule has 0 saturated carbocycles. The lowest BCUT2D eigenvalue weighted by Crippen LogP contribution is -2.18. The third kappa shape index (κ3) is 5.25. The van der Waals surface area contributed by atoms with E-state index < -0.39 is 16.0 Å². The Labute approximate surface area is 138 Å². The zero-order chi connectivity index (χ0) is 16.4. The van der Waals surface area contributed by atoms with Gasteiger partial charge in [-0.2, -0.15) is 0 Å². The first-order valence-electron chi connectivity index (χ1n) is 6.25. The molecule has 1 unspecified atom stereocenters. The van der Waals surface area contributed by atoms with E-state index in [1.165, 1.54) is 6.07 Å². The Kier molecular flexibility index (Phi) is 6.22. The standard InChI is InChI=1S/C13H17BrClNO4S/c1-7(2)4-8(3)20-13(17)9-5-10(15)12(14)11(6-9)21(16,18)19/h5-8H,4H2,1-3H3,(H2,16,18,19). The van der Waals surface area contributed by atoms with Gasteiger partial charge in [-0.3, -0.25) is 0 Å². The molecule has 0 spiro atoms. The van der Waals surface area contributed by atoms with Gasteiger partial charge in [0.15, 0.2) is 0 Å². The summed E-state index contributed by atoms with van der Waals surface area (Å²) in [5, 5.41) is 5.17. The summed E-state index contributed by atoms with van der Waals surface area (Å²) in [7, 11) is -4.00. The van der Waals surface area contributed by atoms with Gasteiger partial charge in [-0.25, -0.2) is 18.4 Å². The number of nitrogens with two attached hydrogens (primary N) is 1. The molecule has 0 radical (unpaired) electrons. The lowest BCUT2D eigenvalue weighted by atomic mass is 10.1. The summed E-state index contributed by atoms with van der Waals surface area (Å²) in [5.41, 5.74) is 0.0443. The Morgan fingerprint density at radius 2 is 1.95 bits per heavy atom. The van der Waals surface area contributed by atoms with Crippen molar-refractivity contribution in [1.82, 2.24) is 0 Å². The Bertz CT molecular complexity index is 646. The molecular weight excluding hydrogens is 382 g/mol. The highest BCUT2D eigenvalue weighted by Gasteiger charge is 2.21. The van der Waals surface area contributed by atoms with Crippen molar-refractivity contribution in [3.63, 3.8) is 0 Å². The lowest BCUT2D eigenvalue weighted by molar-refractivity contribution is 0.0299. The second-order valence-corrected chi connectivity index (χ2v) is 7.89. The minimum atomic E-state index is -4.00. The maximum atomic E-state index is 12.0. The van der Waals surface area contributed by atoms with Gasteiger partial charge in [-0.1, -0.05) is 25.4 Å². The molecule has 0 heterocycles. The molecule has 0 amide bonds. The SMILES string of the molecule is CC(C)CC(C)OC(=O)c1cc(Cl)c(Br)c(S(N)(=O)=O)c1. The predicted molar refractivity (Wildman–Crippen MR) is 84.9 cm³/mol. The highest BCUT2D eigenvalue weighted by molar-refractivity contribution is 9.10. The number of benzene rings is 1. The van der Waals surface area contributed by atoms with Crippen LogP contribution >= 0.6 is 27.5 Å². The Hall–Kier alpha value is -0.630. The second-order valence-electron chi connectivity index (χ2n) is 5.16. The van der Waals surface area contributed by atoms with Crippen LogP contribution in [0.2, 0.25) is 5.02 Å². The molecule has 0 fully saturated rings. The molecule has 1 atom stereocenters. The fourth-order valence-electron chi connectivity index (χ4n) is 1.85. The number of rotatable bonds is 5. The lowest BCUT2D eigenvalue weighted by Gasteiger charge is -2.16. The third-order valence-electron chi connectivity index (χ3n) is 2.65. The first-order valence-corrected chi connectivity index (χ1v) is 8.97. The number of esters is 1. The number of halogens is 2. The Morgan fingerprint density at radius 1 is 1.38 bits per heavy atom. The molecule has 0 aliphatic heterocycles. The number of hydrogen-bond acceptors (Lipinski definition) is 4. The molecule has 0 bridgehead atoms. The van der Waals surface area contributed by atoms with Crippen molar-refractivity contribution < 1.29 is 17.9 Å². The van der Waals surface area contributed by atoms with Gasteiger partial charge in [0.25, 0.3) is 0 Å². The number of ether oxygens (including phenoxy) is 1. The fourth-order valence-corrected chi connectivity index (χ4v) is 3.68. The van der Waals surface area contributed by atoms with Crippen LogP contribution in [0, 0.1) is 5.92 Å². The topological polar surface area (TPSA) is 86.5 Å². The molecule has 21 heavy (non-hydrogen) atoms. The van der Waals surface area contributed by atoms with Crippen LogP contribution < -0.4 is 5.14 Å². The van der Waals surface area contributed by atoms with Crippen LogP contribution in [0.4, 0.5) is 0 Å². The summed E-state index contributed by atoms with van der Waals surface area (Å²) in [6.45, 7) is 5.80. The molecule has 0 aliphatic carbocycles. The smallest absolute Gasteiger partial charge is 0.338 e. The minimum absolute atomic E-state index is 0.0443. The summed E-state index contributed by atoms with van der Waals surface area (Å²) in [6, 6.07) is 2.49. The number of primary sulfonamides is 1. The molecule has 1 rings (SSSR count). The summed E-state index contributed by atoms with van der Waals surface area (Å²) in [5.74, 6) is -0.260. The van der Waals surface area contributed by atoms with Crippen molar-refractivity contribution in [3.8, 4) is 0 Å². The van der Waals surface area contributed by atoms with Gasteiger partial charge in [0.1, 0.15) is 0 Å². The van der Waals surface area contributed by atoms with Crippen molar-refractivity contribution >= 4 is 43.5 Å². The normalized spacial score (nSPS) is 13.3. The average molecular weight is 399 g/mol. The molecule has 1 aromatic rings. The van der Waals surface area contributed by atoms with Gasteiger partial charge in [0.2, 0.25) is 10.0 Å². The molecule has 8 heteroatoms. The van der Waals surface area contributed by atoms with E-state index >= 15 is 0 Å².